The van der Waals surface area contributed by atoms with Crippen molar-refractivity contribution in [2.75, 3.05) is 0 Å². The third-order valence-electron chi connectivity index (χ3n) is 2.04. The highest BCUT2D eigenvalue weighted by molar-refractivity contribution is 7.80. The Balaban J connectivity index is 3.81. The average Bonchev–Trinajstić information content (AvgIpc) is 2.03. The molecule has 0 aromatic heterocycles. The van der Waals surface area contributed by atoms with Crippen molar-refractivity contribution < 1.29 is 4.79 Å². The van der Waals surface area contributed by atoms with Crippen molar-refractivity contribution in [2.24, 2.45) is 11.7 Å². The smallest absolute Gasteiger partial charge is 0.220 e. The number of carbonyl (C=O) groups excluding carboxylic acids is 1. The fourth-order valence-electron chi connectivity index (χ4n) is 0.832. The van der Waals surface area contributed by atoms with Gasteiger partial charge in [0.25, 0.3) is 0 Å². The minimum absolute atomic E-state index is 0.0228. The number of nitrogens with one attached hydrogen (secondary N) is 1. The van der Waals surface area contributed by atoms with E-state index in [1.165, 1.54) is 0 Å². The summed E-state index contributed by atoms with van der Waals surface area (Å²) < 4.78 is 0. The van der Waals surface area contributed by atoms with Crippen LogP contribution in [-0.2, 0) is 4.79 Å². The van der Waals surface area contributed by atoms with Gasteiger partial charge in [0.2, 0.25) is 5.91 Å². The van der Waals surface area contributed by atoms with Crippen LogP contribution in [0.4, 0.5) is 0 Å². The molecule has 76 valence electrons. The number of hydrogen-bond acceptors (Lipinski definition) is 2. The SMILES string of the molecule is CCC(C)CC(=O)NC(C)C(N)=S. The first-order valence-electron chi connectivity index (χ1n) is 4.56. The predicted octanol–water partition coefficient (Wildman–Crippen LogP) is 1.21. The molecule has 0 aliphatic rings. The Hall–Kier alpha value is -0.640. The van der Waals surface area contributed by atoms with Gasteiger partial charge in [0.1, 0.15) is 0 Å². The molecule has 13 heavy (non-hydrogen) atoms. The van der Waals surface area contributed by atoms with Gasteiger partial charge < -0.3 is 11.1 Å². The number of rotatable bonds is 5. The Morgan fingerprint density at radius 3 is 2.46 bits per heavy atom. The van der Waals surface area contributed by atoms with E-state index in [4.69, 9.17) is 18.0 Å². The molecule has 0 fully saturated rings. The van der Waals surface area contributed by atoms with Crippen molar-refractivity contribution in [3.63, 3.8) is 0 Å². The van der Waals surface area contributed by atoms with E-state index in [0.717, 1.165) is 6.42 Å². The van der Waals surface area contributed by atoms with Crippen LogP contribution in [0.5, 0.6) is 0 Å². The minimum atomic E-state index is -0.202. The van der Waals surface area contributed by atoms with Crippen LogP contribution in [0.2, 0.25) is 0 Å². The molecule has 0 rings (SSSR count). The van der Waals surface area contributed by atoms with Crippen LogP contribution in [0.15, 0.2) is 0 Å². The van der Waals surface area contributed by atoms with Crippen molar-refractivity contribution in [1.29, 1.82) is 0 Å². The third-order valence-corrected chi connectivity index (χ3v) is 2.39. The summed E-state index contributed by atoms with van der Waals surface area (Å²) in [4.78, 5) is 11.6. The minimum Gasteiger partial charge on any atom is -0.392 e. The standard InChI is InChI=1S/C9H18N2OS/c1-4-6(2)5-8(12)11-7(3)9(10)13/h6-7H,4-5H2,1-3H3,(H2,10,13)(H,11,12). The molecule has 0 bridgehead atoms. The van der Waals surface area contributed by atoms with Crippen molar-refractivity contribution in [3.05, 3.63) is 0 Å². The molecular weight excluding hydrogens is 184 g/mol. The lowest BCUT2D eigenvalue weighted by Crippen LogP contribution is -2.41. The van der Waals surface area contributed by atoms with Crippen LogP contribution in [-0.4, -0.2) is 16.9 Å². The van der Waals surface area contributed by atoms with Gasteiger partial charge in [-0.25, -0.2) is 0 Å². The zero-order valence-electron chi connectivity index (χ0n) is 8.46. The lowest BCUT2D eigenvalue weighted by atomic mass is 10.0. The van der Waals surface area contributed by atoms with Crippen molar-refractivity contribution in [2.45, 2.75) is 39.7 Å². The van der Waals surface area contributed by atoms with E-state index in [-0.39, 0.29) is 11.9 Å². The zero-order chi connectivity index (χ0) is 10.4. The highest BCUT2D eigenvalue weighted by Crippen LogP contribution is 2.05. The fraction of sp³-hybridized carbons (Fsp3) is 0.778. The Morgan fingerprint density at radius 1 is 1.54 bits per heavy atom. The summed E-state index contributed by atoms with van der Waals surface area (Å²) in [6, 6.07) is -0.202. The number of amides is 1. The molecule has 2 unspecified atom stereocenters. The van der Waals surface area contributed by atoms with Crippen LogP contribution < -0.4 is 11.1 Å². The topological polar surface area (TPSA) is 55.1 Å². The predicted molar refractivity (Wildman–Crippen MR) is 58.5 cm³/mol. The summed E-state index contributed by atoms with van der Waals surface area (Å²) >= 11 is 4.74. The number of hydrogen-bond donors (Lipinski definition) is 2. The summed E-state index contributed by atoms with van der Waals surface area (Å²) in [5.74, 6) is 0.438. The van der Waals surface area contributed by atoms with Crippen molar-refractivity contribution in [1.82, 2.24) is 5.32 Å². The second-order valence-corrected chi connectivity index (χ2v) is 3.88. The molecule has 0 aromatic rings. The van der Waals surface area contributed by atoms with Gasteiger partial charge in [-0.2, -0.15) is 0 Å². The van der Waals surface area contributed by atoms with E-state index in [1.807, 2.05) is 6.92 Å². The van der Waals surface area contributed by atoms with E-state index >= 15 is 0 Å². The summed E-state index contributed by atoms with van der Waals surface area (Å²) in [7, 11) is 0. The Morgan fingerprint density at radius 2 is 2.08 bits per heavy atom. The lowest BCUT2D eigenvalue weighted by molar-refractivity contribution is -0.122. The van der Waals surface area contributed by atoms with Gasteiger partial charge in [-0.1, -0.05) is 32.5 Å². The van der Waals surface area contributed by atoms with Crippen LogP contribution in [0.25, 0.3) is 0 Å². The van der Waals surface area contributed by atoms with Gasteiger partial charge in [0, 0.05) is 6.42 Å². The second kappa shape index (κ2) is 5.91. The monoisotopic (exact) mass is 202 g/mol. The van der Waals surface area contributed by atoms with Gasteiger partial charge in [-0.05, 0) is 12.8 Å². The van der Waals surface area contributed by atoms with E-state index < -0.39 is 0 Å². The van der Waals surface area contributed by atoms with E-state index in [9.17, 15) is 4.79 Å². The molecule has 0 saturated carbocycles. The molecule has 2 atom stereocenters. The zero-order valence-corrected chi connectivity index (χ0v) is 9.28. The largest absolute Gasteiger partial charge is 0.392 e. The first kappa shape index (κ1) is 12.4. The first-order valence-corrected chi connectivity index (χ1v) is 4.96. The summed E-state index contributed by atoms with van der Waals surface area (Å²) in [6.07, 6.45) is 1.55. The molecule has 0 aliphatic heterocycles. The molecule has 1 amide bonds. The quantitative estimate of drug-likeness (QED) is 0.659. The maximum absolute atomic E-state index is 11.3. The highest BCUT2D eigenvalue weighted by Gasteiger charge is 2.11. The van der Waals surface area contributed by atoms with E-state index in [1.54, 1.807) is 6.92 Å². The van der Waals surface area contributed by atoms with Gasteiger partial charge in [0.15, 0.2) is 0 Å². The maximum Gasteiger partial charge on any atom is 0.220 e. The number of carbonyl (C=O) groups is 1. The van der Waals surface area contributed by atoms with Crippen molar-refractivity contribution in [3.8, 4) is 0 Å². The molecule has 0 heterocycles. The molecule has 3 nitrogen and oxygen atoms in total. The first-order chi connectivity index (χ1) is 5.97. The highest BCUT2D eigenvalue weighted by atomic mass is 32.1. The molecule has 0 aromatic carbocycles. The van der Waals surface area contributed by atoms with Crippen LogP contribution >= 0.6 is 12.2 Å². The Bertz CT molecular complexity index is 194. The van der Waals surface area contributed by atoms with Crippen LogP contribution in [0.1, 0.15) is 33.6 Å². The third kappa shape index (κ3) is 5.58. The summed E-state index contributed by atoms with van der Waals surface area (Å²) in [6.45, 7) is 5.90. The maximum atomic E-state index is 11.3. The van der Waals surface area contributed by atoms with Gasteiger partial charge in [-0.3, -0.25) is 4.79 Å². The number of nitrogens with two attached hydrogens (primary N) is 1. The molecule has 4 heteroatoms. The summed E-state index contributed by atoms with van der Waals surface area (Å²) in [5, 5.41) is 2.74. The Labute approximate surface area is 85.1 Å². The van der Waals surface area contributed by atoms with E-state index in [0.29, 0.717) is 17.3 Å². The molecule has 0 aliphatic carbocycles. The van der Waals surface area contributed by atoms with Crippen molar-refractivity contribution >= 4 is 23.1 Å². The number of thiocarbonyl (C=S) groups is 1. The van der Waals surface area contributed by atoms with Gasteiger partial charge in [-0.15, -0.1) is 0 Å². The molecule has 0 spiro atoms. The fourth-order valence-corrected chi connectivity index (χ4v) is 0.891. The van der Waals surface area contributed by atoms with Crippen LogP contribution in [0.3, 0.4) is 0 Å². The lowest BCUT2D eigenvalue weighted by Gasteiger charge is -2.13. The molecule has 3 N–H and O–H groups in total. The summed E-state index contributed by atoms with van der Waals surface area (Å²) in [5.41, 5.74) is 5.36. The van der Waals surface area contributed by atoms with Gasteiger partial charge >= 0.3 is 0 Å². The molecule has 0 radical (unpaired) electrons. The average molecular weight is 202 g/mol. The molecule has 0 saturated heterocycles. The van der Waals surface area contributed by atoms with Gasteiger partial charge in [0.05, 0.1) is 11.0 Å². The molecular formula is C9H18N2OS. The Kier molecular flexibility index (Phi) is 5.62. The van der Waals surface area contributed by atoms with E-state index in [2.05, 4.69) is 12.2 Å². The second-order valence-electron chi connectivity index (χ2n) is 3.41. The normalized spacial score (nSPS) is 14.7. The van der Waals surface area contributed by atoms with Crippen LogP contribution in [0, 0.1) is 5.92 Å².